The van der Waals surface area contributed by atoms with Crippen molar-refractivity contribution in [3.05, 3.63) is 171 Å². The summed E-state index contributed by atoms with van der Waals surface area (Å²) in [6.45, 7) is 15.2. The molecule has 12 amide bonds. The molecule has 16 rings (SSSR count). The zero-order valence-electron chi connectivity index (χ0n) is 74.1. The zero-order chi connectivity index (χ0) is 93.4. The Morgan fingerprint density at radius 1 is 0.561 bits per heavy atom. The largest absolute Gasteiger partial charge is 0.481 e. The van der Waals surface area contributed by atoms with Crippen LogP contribution in [0.4, 0.5) is 22.1 Å². The van der Waals surface area contributed by atoms with E-state index < -0.39 is 88.1 Å². The number of likely N-dealkylation sites (tertiary alicyclic amines) is 1. The molecule has 4 aromatic carbocycles. The molecule has 132 heavy (non-hydrogen) atoms. The highest BCUT2D eigenvalue weighted by Gasteiger charge is 2.50. The van der Waals surface area contributed by atoms with Crippen LogP contribution in [0.1, 0.15) is 194 Å². The van der Waals surface area contributed by atoms with Crippen LogP contribution in [0.25, 0.3) is 22.1 Å². The van der Waals surface area contributed by atoms with E-state index in [0.29, 0.717) is 138 Å². The number of aliphatic carboxylic acids is 1. The fourth-order valence-corrected chi connectivity index (χ4v) is 18.2. The Morgan fingerprint density at radius 2 is 1.06 bits per heavy atom. The van der Waals surface area contributed by atoms with E-state index in [1.54, 1.807) is 36.7 Å². The fourth-order valence-electron chi connectivity index (χ4n) is 18.0. The zero-order valence-corrected chi connectivity index (χ0v) is 75.6. The maximum Gasteiger partial charge on any atom is 0.408 e. The lowest BCUT2D eigenvalue weighted by Gasteiger charge is -2.42. The SMILES string of the molecule is CC(C)(C)OC(=O)NC1(C(=O)N[C@@H](CCN2CCCCC2)c2ccc(Cl)cc2)CCN(c2ncnc3[nH]ccc23)CC1.NC1(C(=O)N[C@@H](CCN2CCN(C(=O)CCOCCNc3cccc4c3C(=O)N(C3CCC(=O)NC3=O)C4=O)CC2)c2ccc(Cl)cc2)CCN(c2ncnc3[nH]ccc23)CC1.O=C(O)CCOCCCc1cccc2c1C(=O)N(C1CCC(=O)NC1=O)C2=O. The van der Waals surface area contributed by atoms with Crippen molar-refractivity contribution in [1.82, 2.24) is 81.0 Å². The Bertz CT molecular complexity index is 5560. The second-order valence-corrected chi connectivity index (χ2v) is 36.1. The first-order chi connectivity index (χ1) is 63.5. The van der Waals surface area contributed by atoms with Gasteiger partial charge in [-0.3, -0.25) is 82.9 Å². The normalized spacial score (nSPS) is 19.2. The summed E-state index contributed by atoms with van der Waals surface area (Å²) in [5, 5.41) is 28.8. The first kappa shape index (κ1) is 95.7. The van der Waals surface area contributed by atoms with Gasteiger partial charge < -0.3 is 75.9 Å². The van der Waals surface area contributed by atoms with E-state index in [9.17, 15) is 62.3 Å². The van der Waals surface area contributed by atoms with Crippen molar-refractivity contribution in [2.24, 2.45) is 5.73 Å². The van der Waals surface area contributed by atoms with Gasteiger partial charge in [0.05, 0.1) is 83.3 Å². The monoisotopic (exact) mass is 1850 g/mol. The van der Waals surface area contributed by atoms with Crippen LogP contribution in [0.15, 0.2) is 122 Å². The molecule has 6 fully saturated rings. The van der Waals surface area contributed by atoms with Crippen molar-refractivity contribution in [2.45, 2.75) is 171 Å². The average molecular weight is 1850 g/mol. The summed E-state index contributed by atoms with van der Waals surface area (Å²) in [4.78, 5) is 201. The number of alkyl carbamates (subject to hydrolysis) is 1. The molecule has 4 atom stereocenters. The maximum absolute atomic E-state index is 14.3. The standard InChI is InChI=1S/C43H50ClN11O7.C31H42ClN7O3.C19H20N2O7/c44-28-6-4-27(5-7-28)31(50-42(61)43(45)13-18-54(19-14-43)38-30-10-15-47-37(30)48-26-49-38)11-17-52-20-22-53(23-21-52)35(57)12-24-62-25-16-46-32-3-1-2-29-36(32)41(60)55(40(29)59)33-8-9-34(56)51-39(33)58;1-30(2,3)42-29(41)37-31(13-19-39(20-14-31)27-24-11-15-33-26(24)34-21-35-27)28(40)36-25(22-7-9-23(32)10-8-22)12-18-38-16-5-4-6-17-38;22-14-7-6-13(17(25)20-14)21-18(26)12-5-1-3-11(16(12)19(21)27)4-2-9-28-10-8-15(23)24/h1-7,10,15,26,31,33,46H,8-9,11-14,16-25,45H2,(H,50,61)(H,47,48,49)(H,51,56,58);7-11,15,21,25H,4-6,12-14,16-20H2,1-3H3,(H,36,40)(H,37,41)(H,33,34,35);1,3,5,13H,2,4,6-10H2,(H,23,24)(H,20,22,25)/t31-,33?;25-;/m00./s1. The molecule has 8 aliphatic heterocycles. The number of imide groups is 4. The summed E-state index contributed by atoms with van der Waals surface area (Å²) in [6.07, 6.45) is 14.5. The Morgan fingerprint density at radius 3 is 1.60 bits per heavy atom. The van der Waals surface area contributed by atoms with E-state index in [-0.39, 0.29) is 110 Å². The van der Waals surface area contributed by atoms with Gasteiger partial charge in [-0.1, -0.05) is 72.1 Å². The topological polar surface area (TPSA) is 474 Å². The van der Waals surface area contributed by atoms with Crippen LogP contribution < -0.4 is 47.4 Å². The number of fused-ring (bicyclic) bond motifs is 4. The molecule has 39 heteroatoms. The van der Waals surface area contributed by atoms with Crippen molar-refractivity contribution in [1.29, 1.82) is 0 Å². The van der Waals surface area contributed by atoms with E-state index in [0.717, 1.165) is 80.7 Å². The van der Waals surface area contributed by atoms with Crippen molar-refractivity contribution in [2.75, 3.05) is 127 Å². The summed E-state index contributed by atoms with van der Waals surface area (Å²) in [5.41, 5.74) is 9.42. The lowest BCUT2D eigenvalue weighted by Crippen LogP contribution is -2.64. The van der Waals surface area contributed by atoms with Crippen LogP contribution in [-0.4, -0.2) is 277 Å². The lowest BCUT2D eigenvalue weighted by atomic mass is 9.85. The number of hydrogen-bond donors (Lipinski definition) is 10. The van der Waals surface area contributed by atoms with Crippen LogP contribution in [0.2, 0.25) is 10.0 Å². The molecule has 6 saturated heterocycles. The van der Waals surface area contributed by atoms with E-state index in [1.807, 2.05) is 98.7 Å². The summed E-state index contributed by atoms with van der Waals surface area (Å²) in [5.74, 6) is -4.06. The first-order valence-corrected chi connectivity index (χ1v) is 45.8. The molecule has 12 heterocycles. The first-order valence-electron chi connectivity index (χ1n) is 45.0. The number of carboxylic acid groups (broad SMARTS) is 1. The van der Waals surface area contributed by atoms with Gasteiger partial charge in [-0.05, 0) is 182 Å². The van der Waals surface area contributed by atoms with Gasteiger partial charge in [-0.15, -0.1) is 0 Å². The van der Waals surface area contributed by atoms with Crippen molar-refractivity contribution >= 4 is 140 Å². The Labute approximate surface area is 772 Å². The van der Waals surface area contributed by atoms with Crippen molar-refractivity contribution in [3.63, 3.8) is 0 Å². The Kier molecular flexibility index (Phi) is 31.4. The van der Waals surface area contributed by atoms with Gasteiger partial charge in [0.1, 0.15) is 58.8 Å². The van der Waals surface area contributed by atoms with Crippen LogP contribution in [0, 0.1) is 0 Å². The third-order valence-corrected chi connectivity index (χ3v) is 25.7. The number of amides is 12. The molecule has 2 unspecified atom stereocenters. The third-order valence-electron chi connectivity index (χ3n) is 25.2. The number of rotatable bonds is 31. The minimum absolute atomic E-state index is 0.000960. The Balaban J connectivity index is 0.000000173. The molecular weight excluding hydrogens is 1740 g/mol. The van der Waals surface area contributed by atoms with Crippen LogP contribution >= 0.6 is 23.2 Å². The third kappa shape index (κ3) is 23.4. The second-order valence-electron chi connectivity index (χ2n) is 35.2. The van der Waals surface area contributed by atoms with Crippen molar-refractivity contribution < 1.29 is 81.6 Å². The number of nitrogens with two attached hydrogens (primary N) is 1. The van der Waals surface area contributed by atoms with Gasteiger partial charge in [0.2, 0.25) is 41.4 Å². The highest BCUT2D eigenvalue weighted by molar-refractivity contribution is 6.31. The number of piperidine rings is 5. The molecule has 0 spiro atoms. The number of carbonyl (C=O) groups is 13. The number of ether oxygens (including phenoxy) is 3. The maximum atomic E-state index is 14.3. The molecular formula is C93H112Cl2N20O17. The predicted octanol–water partition coefficient (Wildman–Crippen LogP) is 7.94. The molecule has 0 aliphatic carbocycles. The van der Waals surface area contributed by atoms with Gasteiger partial charge in [0, 0.05) is 120 Å². The van der Waals surface area contributed by atoms with Gasteiger partial charge >= 0.3 is 12.1 Å². The van der Waals surface area contributed by atoms with E-state index in [4.69, 9.17) is 48.3 Å². The van der Waals surface area contributed by atoms with E-state index in [2.05, 4.69) is 81.4 Å². The van der Waals surface area contributed by atoms with Crippen LogP contribution in [0.5, 0.6) is 0 Å². The molecule has 11 N–H and O–H groups in total. The number of aromatic nitrogens is 6. The number of nitrogens with one attached hydrogen (secondary N) is 8. The van der Waals surface area contributed by atoms with Gasteiger partial charge in [-0.2, -0.15) is 0 Å². The fraction of sp³-hybridized carbons (Fsp3) is 0.473. The average Bonchev–Trinajstić information content (AvgIpc) is 1.61. The van der Waals surface area contributed by atoms with E-state index in [1.165, 1.54) is 31.7 Å². The number of carbonyl (C=O) groups excluding carboxylic acids is 12. The lowest BCUT2D eigenvalue weighted by molar-refractivity contribution is -0.139. The summed E-state index contributed by atoms with van der Waals surface area (Å²) in [7, 11) is 0. The molecule has 8 aliphatic rings. The highest BCUT2D eigenvalue weighted by atomic mass is 35.5. The molecule has 8 aromatic rings. The Hall–Kier alpha value is -12.4. The second kappa shape index (κ2) is 43.3. The van der Waals surface area contributed by atoms with Gasteiger partial charge in [0.15, 0.2) is 0 Å². The van der Waals surface area contributed by atoms with Gasteiger partial charge in [-0.25, -0.2) is 24.7 Å². The molecule has 37 nitrogen and oxygen atoms in total. The highest BCUT2D eigenvalue weighted by Crippen LogP contribution is 2.37. The van der Waals surface area contributed by atoms with Gasteiger partial charge in [0.25, 0.3) is 23.6 Å². The smallest absolute Gasteiger partial charge is 0.408 e. The van der Waals surface area contributed by atoms with Crippen molar-refractivity contribution in [3.8, 4) is 0 Å². The molecule has 0 bridgehead atoms. The number of halogens is 2. The predicted molar refractivity (Wildman–Crippen MR) is 488 cm³/mol. The summed E-state index contributed by atoms with van der Waals surface area (Å²) in [6, 6.07) is 26.4. The minimum Gasteiger partial charge on any atom is -0.481 e. The number of anilines is 3. The number of aryl methyl sites for hydroxylation is 1. The van der Waals surface area contributed by atoms with Crippen LogP contribution in [0.3, 0.4) is 0 Å². The summed E-state index contributed by atoms with van der Waals surface area (Å²) >= 11 is 12.4. The van der Waals surface area contributed by atoms with Crippen LogP contribution in [-0.2, 0) is 59.0 Å². The number of nitrogens with zero attached hydrogens (tertiary/aromatic N) is 11. The number of hydrogen-bond acceptors (Lipinski definition) is 26. The quantitative estimate of drug-likeness (QED) is 0.0145. The molecule has 4 aromatic heterocycles. The number of piperazine rings is 1. The number of aromatic amines is 2. The minimum atomic E-state index is -1.14. The molecule has 0 saturated carbocycles. The number of H-pyrrole nitrogens is 2. The molecule has 0 radical (unpaired) electrons. The van der Waals surface area contributed by atoms with E-state index >= 15 is 0 Å². The summed E-state index contributed by atoms with van der Waals surface area (Å²) < 4.78 is 16.6. The number of carboxylic acids is 1. The molecule has 700 valence electrons. The number of benzene rings is 4.